The van der Waals surface area contributed by atoms with Gasteiger partial charge in [-0.05, 0) is 41.6 Å². The second-order valence-electron chi connectivity index (χ2n) is 4.25. The Hall–Kier alpha value is -0.180. The molecular weight excluding hydrogens is 436 g/mol. The summed E-state index contributed by atoms with van der Waals surface area (Å²) < 4.78 is 0.576. The summed E-state index contributed by atoms with van der Waals surface area (Å²) in [5.74, 6) is -0.977. The van der Waals surface area contributed by atoms with Crippen LogP contribution in [0.2, 0.25) is 10.0 Å². The van der Waals surface area contributed by atoms with E-state index >= 15 is 0 Å². The zero-order valence-electron chi connectivity index (χ0n) is 10.3. The minimum Gasteiger partial charge on any atom is -0.480 e. The number of carbonyl (C=O) groups is 2. The van der Waals surface area contributed by atoms with Crippen molar-refractivity contribution < 1.29 is 14.7 Å². The van der Waals surface area contributed by atoms with Gasteiger partial charge in [0.05, 0.1) is 16.0 Å². The molecule has 1 aliphatic rings. The number of carboxylic acid groups (broad SMARTS) is 1. The van der Waals surface area contributed by atoms with E-state index < -0.39 is 12.0 Å². The number of hydrogen-bond donors (Lipinski definition) is 1. The molecule has 1 aromatic carbocycles. The molecule has 0 aliphatic carbocycles. The molecule has 1 fully saturated rings. The lowest BCUT2D eigenvalue weighted by Gasteiger charge is -2.25. The molecule has 1 aromatic rings. The Labute approximate surface area is 143 Å². The number of aliphatic carboxylic acids is 1. The van der Waals surface area contributed by atoms with Gasteiger partial charge in [0, 0.05) is 14.3 Å². The lowest BCUT2D eigenvalue weighted by molar-refractivity contribution is -0.141. The van der Waals surface area contributed by atoms with Crippen molar-refractivity contribution in [2.24, 2.45) is 0 Å². The van der Waals surface area contributed by atoms with E-state index in [4.69, 9.17) is 23.2 Å². The van der Waals surface area contributed by atoms with Crippen molar-refractivity contribution in [2.75, 3.05) is 5.75 Å². The molecular formula is C12H10Cl2INO3S. The first-order valence-corrected chi connectivity index (χ1v) is 8.53. The predicted molar refractivity (Wildman–Crippen MR) is 88.7 cm³/mol. The molecule has 1 N–H and O–H groups in total. The molecule has 2 atom stereocenters. The molecule has 2 unspecified atom stereocenters. The number of rotatable bonds is 2. The van der Waals surface area contributed by atoms with Gasteiger partial charge in [0.2, 0.25) is 0 Å². The van der Waals surface area contributed by atoms with E-state index in [-0.39, 0.29) is 11.3 Å². The second-order valence-corrected chi connectivity index (χ2v) is 7.52. The minimum atomic E-state index is -1.00. The average molecular weight is 446 g/mol. The first-order valence-electron chi connectivity index (χ1n) is 5.64. The minimum absolute atomic E-state index is 0.197. The molecule has 8 heteroatoms. The van der Waals surface area contributed by atoms with Gasteiger partial charge in [-0.25, -0.2) is 4.79 Å². The van der Waals surface area contributed by atoms with Crippen LogP contribution in [0.25, 0.3) is 0 Å². The van der Waals surface area contributed by atoms with Crippen molar-refractivity contribution in [3.63, 3.8) is 0 Å². The van der Waals surface area contributed by atoms with Crippen LogP contribution in [-0.2, 0) is 4.79 Å². The van der Waals surface area contributed by atoms with Gasteiger partial charge in [0.25, 0.3) is 5.91 Å². The third kappa shape index (κ3) is 3.03. The number of carbonyl (C=O) groups excluding carboxylic acids is 1. The maximum absolute atomic E-state index is 12.6. The van der Waals surface area contributed by atoms with Crippen molar-refractivity contribution in [2.45, 2.75) is 18.3 Å². The maximum atomic E-state index is 12.6. The largest absolute Gasteiger partial charge is 0.480 e. The highest BCUT2D eigenvalue weighted by molar-refractivity contribution is 14.1. The number of thioether (sulfide) groups is 1. The highest BCUT2D eigenvalue weighted by atomic mass is 127. The van der Waals surface area contributed by atoms with Crippen LogP contribution >= 0.6 is 57.6 Å². The fraction of sp³-hybridized carbons (Fsp3) is 0.333. The van der Waals surface area contributed by atoms with Gasteiger partial charge in [-0.3, -0.25) is 4.79 Å². The lowest BCUT2D eigenvalue weighted by atomic mass is 10.1. The Bertz CT molecular complexity index is 584. The molecule has 0 bridgehead atoms. The summed E-state index contributed by atoms with van der Waals surface area (Å²) >= 11 is 15.3. The number of carboxylic acids is 1. The van der Waals surface area contributed by atoms with Crippen LogP contribution in [0.3, 0.4) is 0 Å². The summed E-state index contributed by atoms with van der Waals surface area (Å²) in [6.07, 6.45) is 0. The van der Waals surface area contributed by atoms with Gasteiger partial charge in [-0.15, -0.1) is 11.8 Å². The summed E-state index contributed by atoms with van der Waals surface area (Å²) in [7, 11) is 0. The van der Waals surface area contributed by atoms with E-state index in [0.717, 1.165) is 0 Å². The quantitative estimate of drug-likeness (QED) is 0.558. The van der Waals surface area contributed by atoms with Gasteiger partial charge >= 0.3 is 5.97 Å². The third-order valence-electron chi connectivity index (χ3n) is 2.97. The fourth-order valence-electron chi connectivity index (χ4n) is 1.99. The van der Waals surface area contributed by atoms with Crippen LogP contribution < -0.4 is 0 Å². The molecule has 1 aliphatic heterocycles. The van der Waals surface area contributed by atoms with Crippen LogP contribution in [0.15, 0.2) is 12.1 Å². The highest BCUT2D eigenvalue weighted by Crippen LogP contribution is 2.33. The van der Waals surface area contributed by atoms with Crippen molar-refractivity contribution in [3.8, 4) is 0 Å². The molecule has 2 rings (SSSR count). The molecule has 1 saturated heterocycles. The van der Waals surface area contributed by atoms with Crippen molar-refractivity contribution in [3.05, 3.63) is 31.3 Å². The van der Waals surface area contributed by atoms with Crippen molar-refractivity contribution in [1.82, 2.24) is 4.90 Å². The standard InChI is InChI=1S/C12H10Cl2INO3S/c1-5-16(9(4-20-5)12(18)19)11(17)7-2-6(13)3-8(14)10(7)15/h2-3,5,9H,4H2,1H3,(H,18,19). The number of hydrogen-bond acceptors (Lipinski definition) is 3. The molecule has 1 amide bonds. The number of benzene rings is 1. The first kappa shape index (κ1) is 16.2. The highest BCUT2D eigenvalue weighted by Gasteiger charge is 2.40. The normalized spacial score (nSPS) is 22.1. The SMILES string of the molecule is CC1SCC(C(=O)O)N1C(=O)c1cc(Cl)cc(Cl)c1I. The number of amides is 1. The van der Waals surface area contributed by atoms with Crippen molar-refractivity contribution >= 4 is 69.4 Å². The molecule has 0 saturated carbocycles. The van der Waals surface area contributed by atoms with E-state index in [9.17, 15) is 14.7 Å². The molecule has 1 heterocycles. The maximum Gasteiger partial charge on any atom is 0.327 e. The van der Waals surface area contributed by atoms with Crippen LogP contribution in [0.1, 0.15) is 17.3 Å². The predicted octanol–water partition coefficient (Wildman–Crippen LogP) is 3.59. The van der Waals surface area contributed by atoms with Gasteiger partial charge in [0.1, 0.15) is 6.04 Å². The van der Waals surface area contributed by atoms with E-state index in [1.165, 1.54) is 22.7 Å². The van der Waals surface area contributed by atoms with Gasteiger partial charge in [-0.2, -0.15) is 0 Å². The summed E-state index contributed by atoms with van der Waals surface area (Å²) in [5.41, 5.74) is 0.337. The van der Waals surface area contributed by atoms with Gasteiger partial charge in [0.15, 0.2) is 0 Å². The van der Waals surface area contributed by atoms with Crippen LogP contribution in [0.5, 0.6) is 0 Å². The van der Waals surface area contributed by atoms with Crippen LogP contribution in [0.4, 0.5) is 0 Å². The zero-order valence-corrected chi connectivity index (χ0v) is 14.8. The molecule has 20 heavy (non-hydrogen) atoms. The Morgan fingerprint density at radius 3 is 2.70 bits per heavy atom. The first-order chi connectivity index (χ1) is 9.32. The number of halogens is 3. The Morgan fingerprint density at radius 2 is 2.10 bits per heavy atom. The molecule has 108 valence electrons. The smallest absolute Gasteiger partial charge is 0.327 e. The Kier molecular flexibility index (Phi) is 5.09. The molecule has 0 aromatic heterocycles. The summed E-state index contributed by atoms with van der Waals surface area (Å²) in [6.45, 7) is 1.81. The second kappa shape index (κ2) is 6.29. The number of nitrogens with zero attached hydrogens (tertiary/aromatic N) is 1. The monoisotopic (exact) mass is 445 g/mol. The van der Waals surface area contributed by atoms with E-state index in [2.05, 4.69) is 0 Å². The van der Waals surface area contributed by atoms with E-state index in [1.54, 1.807) is 6.07 Å². The lowest BCUT2D eigenvalue weighted by Crippen LogP contribution is -2.45. The van der Waals surface area contributed by atoms with E-state index in [1.807, 2.05) is 29.5 Å². The average Bonchev–Trinajstić information content (AvgIpc) is 2.75. The van der Waals surface area contributed by atoms with Crippen LogP contribution in [-0.4, -0.2) is 39.1 Å². The van der Waals surface area contributed by atoms with Crippen molar-refractivity contribution in [1.29, 1.82) is 0 Å². The summed E-state index contributed by atoms with van der Waals surface area (Å²) in [4.78, 5) is 25.2. The fourth-order valence-corrected chi connectivity index (χ4v) is 4.19. The summed E-state index contributed by atoms with van der Waals surface area (Å²) in [5, 5.41) is 9.75. The van der Waals surface area contributed by atoms with E-state index in [0.29, 0.717) is 24.9 Å². The third-order valence-corrected chi connectivity index (χ3v) is 6.18. The molecule has 0 spiro atoms. The summed E-state index contributed by atoms with van der Waals surface area (Å²) in [6, 6.07) is 2.25. The van der Waals surface area contributed by atoms with Crippen LogP contribution in [0, 0.1) is 3.57 Å². The molecule has 4 nitrogen and oxygen atoms in total. The zero-order chi connectivity index (χ0) is 15.0. The topological polar surface area (TPSA) is 57.6 Å². The van der Waals surface area contributed by atoms with Gasteiger partial charge < -0.3 is 10.0 Å². The van der Waals surface area contributed by atoms with Gasteiger partial charge in [-0.1, -0.05) is 23.2 Å². The Morgan fingerprint density at radius 1 is 1.45 bits per heavy atom. The molecule has 0 radical (unpaired) electrons. The Balaban J connectivity index is 2.42.